The maximum Gasteiger partial charge on any atom is 0.233 e. The quantitative estimate of drug-likeness (QED) is 0.684. The van der Waals surface area contributed by atoms with E-state index >= 15 is 0 Å². The molecule has 2 heterocycles. The number of carbonyl (C=O) groups excluding carboxylic acids is 1. The van der Waals surface area contributed by atoms with Crippen molar-refractivity contribution in [3.8, 4) is 11.5 Å². The predicted molar refractivity (Wildman–Crippen MR) is 105 cm³/mol. The third-order valence-electron chi connectivity index (χ3n) is 4.40. The van der Waals surface area contributed by atoms with Gasteiger partial charge in [0.15, 0.2) is 16.7 Å². The zero-order valence-corrected chi connectivity index (χ0v) is 16.1. The summed E-state index contributed by atoms with van der Waals surface area (Å²) in [6, 6.07) is 11.9. The van der Waals surface area contributed by atoms with Crippen LogP contribution in [0.25, 0.3) is 11.0 Å². The van der Waals surface area contributed by atoms with E-state index in [1.807, 2.05) is 44.3 Å². The highest BCUT2D eigenvalue weighted by Crippen LogP contribution is 2.31. The van der Waals surface area contributed by atoms with E-state index in [4.69, 9.17) is 9.47 Å². The van der Waals surface area contributed by atoms with Gasteiger partial charge in [-0.15, -0.1) is 0 Å². The fourth-order valence-corrected chi connectivity index (χ4v) is 3.78. The molecule has 2 aromatic carbocycles. The molecule has 0 saturated carbocycles. The summed E-state index contributed by atoms with van der Waals surface area (Å²) in [5, 5.41) is 0.761. The van der Waals surface area contributed by atoms with E-state index in [9.17, 15) is 4.79 Å². The van der Waals surface area contributed by atoms with Gasteiger partial charge in [-0.1, -0.05) is 23.9 Å². The molecule has 3 aromatic rings. The number of H-pyrrole nitrogens is 1. The van der Waals surface area contributed by atoms with Crippen LogP contribution in [0, 0.1) is 6.92 Å². The first-order chi connectivity index (χ1) is 13.1. The minimum Gasteiger partial charge on any atom is -0.486 e. The average Bonchev–Trinajstić information content (AvgIpc) is 3.08. The van der Waals surface area contributed by atoms with Crippen LogP contribution in [0.3, 0.4) is 0 Å². The number of hydrogen-bond donors (Lipinski definition) is 1. The average molecular weight is 383 g/mol. The van der Waals surface area contributed by atoms with Gasteiger partial charge in [0.2, 0.25) is 5.91 Å². The third-order valence-corrected chi connectivity index (χ3v) is 5.26. The number of thioether (sulfide) groups is 1. The Kier molecular flexibility index (Phi) is 4.94. The number of carbonyl (C=O) groups is 1. The van der Waals surface area contributed by atoms with Crippen LogP contribution in [-0.2, 0) is 11.3 Å². The lowest BCUT2D eigenvalue weighted by molar-refractivity contribution is -0.127. The third kappa shape index (κ3) is 4.03. The number of benzene rings is 2. The summed E-state index contributed by atoms with van der Waals surface area (Å²) in [6.07, 6.45) is 0. The summed E-state index contributed by atoms with van der Waals surface area (Å²) in [7, 11) is 1.81. The van der Waals surface area contributed by atoms with E-state index < -0.39 is 0 Å². The van der Waals surface area contributed by atoms with E-state index in [0.29, 0.717) is 25.5 Å². The Morgan fingerprint density at radius 2 is 2.00 bits per heavy atom. The molecule has 0 fully saturated rings. The molecule has 4 rings (SSSR count). The van der Waals surface area contributed by atoms with Crippen LogP contribution in [-0.4, -0.2) is 46.8 Å². The first kappa shape index (κ1) is 17.7. The maximum absolute atomic E-state index is 12.5. The number of nitrogens with zero attached hydrogens (tertiary/aromatic N) is 2. The van der Waals surface area contributed by atoms with Crippen LogP contribution in [0.4, 0.5) is 0 Å². The van der Waals surface area contributed by atoms with E-state index in [1.165, 1.54) is 17.3 Å². The number of rotatable bonds is 5. The summed E-state index contributed by atoms with van der Waals surface area (Å²) in [6.45, 7) is 3.70. The van der Waals surface area contributed by atoms with Crippen molar-refractivity contribution in [1.82, 2.24) is 14.9 Å². The Balaban J connectivity index is 1.36. The Morgan fingerprint density at radius 1 is 1.19 bits per heavy atom. The van der Waals surface area contributed by atoms with Crippen LogP contribution in [0.15, 0.2) is 41.6 Å². The molecule has 0 radical (unpaired) electrons. The fraction of sp³-hybridized carbons (Fsp3) is 0.300. The summed E-state index contributed by atoms with van der Waals surface area (Å²) < 4.78 is 11.1. The van der Waals surface area contributed by atoms with Gasteiger partial charge >= 0.3 is 0 Å². The predicted octanol–water partition coefficient (Wildman–Crippen LogP) is 3.39. The molecule has 1 aromatic heterocycles. The van der Waals surface area contributed by atoms with Gasteiger partial charge in [-0.05, 0) is 42.3 Å². The number of aromatic nitrogens is 2. The van der Waals surface area contributed by atoms with Gasteiger partial charge in [-0.3, -0.25) is 4.79 Å². The first-order valence-corrected chi connectivity index (χ1v) is 9.79. The standard InChI is InChI=1S/C20H21N3O3S/c1-13-3-5-15-16(9-13)22-20(21-15)27-12-19(24)23(2)11-14-4-6-17-18(10-14)26-8-7-25-17/h3-6,9-10H,7-8,11-12H2,1-2H3,(H,21,22). The monoisotopic (exact) mass is 383 g/mol. The Labute approximate surface area is 161 Å². The van der Waals surface area contributed by atoms with Crippen molar-refractivity contribution < 1.29 is 14.3 Å². The normalized spacial score (nSPS) is 13.0. The number of fused-ring (bicyclic) bond motifs is 2. The molecule has 0 saturated heterocycles. The molecule has 0 bridgehead atoms. The van der Waals surface area contributed by atoms with Crippen molar-refractivity contribution in [3.63, 3.8) is 0 Å². The van der Waals surface area contributed by atoms with Crippen molar-refractivity contribution in [3.05, 3.63) is 47.5 Å². The van der Waals surface area contributed by atoms with Crippen LogP contribution in [0.5, 0.6) is 11.5 Å². The molecular formula is C20H21N3O3S. The zero-order valence-electron chi connectivity index (χ0n) is 15.3. The van der Waals surface area contributed by atoms with Gasteiger partial charge in [-0.2, -0.15) is 0 Å². The highest BCUT2D eigenvalue weighted by Gasteiger charge is 2.15. The Bertz CT molecular complexity index is 986. The largest absolute Gasteiger partial charge is 0.486 e. The van der Waals surface area contributed by atoms with E-state index in [1.54, 1.807) is 4.90 Å². The minimum absolute atomic E-state index is 0.0477. The van der Waals surface area contributed by atoms with Gasteiger partial charge in [-0.25, -0.2) is 4.98 Å². The highest BCUT2D eigenvalue weighted by molar-refractivity contribution is 7.99. The van der Waals surface area contributed by atoms with Crippen molar-refractivity contribution in [2.45, 2.75) is 18.6 Å². The zero-order chi connectivity index (χ0) is 18.8. The molecule has 6 nitrogen and oxygen atoms in total. The second-order valence-corrected chi connectivity index (χ2v) is 7.54. The summed E-state index contributed by atoms with van der Waals surface area (Å²) >= 11 is 1.42. The number of aromatic amines is 1. The SMILES string of the molecule is Cc1ccc2nc(SCC(=O)N(C)Cc3ccc4c(c3)OCCO4)[nH]c2c1. The minimum atomic E-state index is 0.0477. The molecule has 140 valence electrons. The number of nitrogens with one attached hydrogen (secondary N) is 1. The van der Waals surface area contributed by atoms with Gasteiger partial charge in [0, 0.05) is 13.6 Å². The van der Waals surface area contributed by atoms with E-state index in [-0.39, 0.29) is 5.91 Å². The van der Waals surface area contributed by atoms with Gasteiger partial charge in [0.05, 0.1) is 16.8 Å². The molecule has 0 unspecified atom stereocenters. The molecular weight excluding hydrogens is 362 g/mol. The summed E-state index contributed by atoms with van der Waals surface area (Å²) in [5.41, 5.74) is 4.10. The van der Waals surface area contributed by atoms with Crippen molar-refractivity contribution in [2.75, 3.05) is 26.0 Å². The lowest BCUT2D eigenvalue weighted by Crippen LogP contribution is -2.28. The fourth-order valence-electron chi connectivity index (χ4n) is 2.96. The molecule has 1 aliphatic heterocycles. The van der Waals surface area contributed by atoms with Crippen molar-refractivity contribution in [2.24, 2.45) is 0 Å². The smallest absolute Gasteiger partial charge is 0.233 e. The van der Waals surface area contributed by atoms with E-state index in [0.717, 1.165) is 33.3 Å². The topological polar surface area (TPSA) is 67.5 Å². The maximum atomic E-state index is 12.5. The molecule has 0 spiro atoms. The molecule has 7 heteroatoms. The van der Waals surface area contributed by atoms with E-state index in [2.05, 4.69) is 16.0 Å². The first-order valence-electron chi connectivity index (χ1n) is 8.80. The van der Waals surface area contributed by atoms with Crippen LogP contribution in [0.2, 0.25) is 0 Å². The molecule has 27 heavy (non-hydrogen) atoms. The molecule has 0 atom stereocenters. The second kappa shape index (κ2) is 7.52. The van der Waals surface area contributed by atoms with Gasteiger partial charge in [0.1, 0.15) is 13.2 Å². The molecule has 1 aliphatic rings. The van der Waals surface area contributed by atoms with Crippen molar-refractivity contribution >= 4 is 28.7 Å². The number of imidazole rings is 1. The second-order valence-electron chi connectivity index (χ2n) is 6.58. The van der Waals surface area contributed by atoms with Gasteiger partial charge in [0.25, 0.3) is 0 Å². The van der Waals surface area contributed by atoms with Crippen molar-refractivity contribution in [1.29, 1.82) is 0 Å². The number of aryl methyl sites for hydroxylation is 1. The Morgan fingerprint density at radius 3 is 2.85 bits per heavy atom. The van der Waals surface area contributed by atoms with Gasteiger partial charge < -0.3 is 19.4 Å². The highest BCUT2D eigenvalue weighted by atomic mass is 32.2. The molecule has 0 aliphatic carbocycles. The lowest BCUT2D eigenvalue weighted by atomic mass is 10.2. The molecule has 1 N–H and O–H groups in total. The lowest BCUT2D eigenvalue weighted by Gasteiger charge is -2.21. The summed E-state index contributed by atoms with van der Waals surface area (Å²) in [4.78, 5) is 22.0. The Hall–Kier alpha value is -2.67. The number of amides is 1. The molecule has 1 amide bonds. The van der Waals surface area contributed by atoms with Crippen LogP contribution >= 0.6 is 11.8 Å². The van der Waals surface area contributed by atoms with Crippen LogP contribution in [0.1, 0.15) is 11.1 Å². The summed E-state index contributed by atoms with van der Waals surface area (Å²) in [5.74, 6) is 1.88. The number of hydrogen-bond acceptors (Lipinski definition) is 5. The number of ether oxygens (including phenoxy) is 2. The van der Waals surface area contributed by atoms with Crippen LogP contribution < -0.4 is 9.47 Å².